The third-order valence-corrected chi connectivity index (χ3v) is 7.12. The molecule has 0 bridgehead atoms. The standard InChI is InChI=1S/C20H20F2N2O5S/c21-15-2-1-3-16(22)20(15)30(26,27)24-10-8-23(9-11-24)19(25)7-5-14-4-6-17-18(12-14)29-13-28-17/h1-4,6,12H,5,7-11,13H2. The quantitative estimate of drug-likeness (QED) is 0.715. The van der Waals surface area contributed by atoms with Crippen LogP contribution in [0.25, 0.3) is 0 Å². The first-order valence-corrected chi connectivity index (χ1v) is 10.9. The number of hydrogen-bond donors (Lipinski definition) is 0. The maximum atomic E-state index is 13.9. The van der Waals surface area contributed by atoms with Gasteiger partial charge in [0.1, 0.15) is 11.6 Å². The van der Waals surface area contributed by atoms with E-state index in [1.165, 1.54) is 0 Å². The number of fused-ring (bicyclic) bond motifs is 1. The van der Waals surface area contributed by atoms with E-state index in [0.29, 0.717) is 17.9 Å². The Morgan fingerprint density at radius 3 is 2.33 bits per heavy atom. The number of carbonyl (C=O) groups is 1. The fourth-order valence-electron chi connectivity index (χ4n) is 3.54. The van der Waals surface area contributed by atoms with E-state index in [-0.39, 0.29) is 45.3 Å². The topological polar surface area (TPSA) is 76.2 Å². The third-order valence-electron chi connectivity index (χ3n) is 5.17. The number of amides is 1. The van der Waals surface area contributed by atoms with Crippen LogP contribution in [0.3, 0.4) is 0 Å². The van der Waals surface area contributed by atoms with Crippen LogP contribution in [-0.2, 0) is 21.2 Å². The summed E-state index contributed by atoms with van der Waals surface area (Å²) < 4.78 is 64.7. The summed E-state index contributed by atoms with van der Waals surface area (Å²) in [5, 5.41) is 0. The fraction of sp³-hybridized carbons (Fsp3) is 0.350. The fourth-order valence-corrected chi connectivity index (χ4v) is 5.07. The Bertz CT molecular complexity index is 1050. The normalized spacial score (nSPS) is 16.7. The summed E-state index contributed by atoms with van der Waals surface area (Å²) in [6.45, 7) is 0.462. The van der Waals surface area contributed by atoms with Gasteiger partial charge in [-0.2, -0.15) is 4.31 Å². The van der Waals surface area contributed by atoms with Crippen molar-refractivity contribution in [2.75, 3.05) is 33.0 Å². The van der Waals surface area contributed by atoms with Gasteiger partial charge in [-0.05, 0) is 36.2 Å². The number of ether oxygens (including phenoxy) is 2. The van der Waals surface area contributed by atoms with Crippen LogP contribution in [0.2, 0.25) is 0 Å². The molecule has 2 aromatic carbocycles. The van der Waals surface area contributed by atoms with Crippen molar-refractivity contribution in [3.63, 3.8) is 0 Å². The summed E-state index contributed by atoms with van der Waals surface area (Å²) >= 11 is 0. The van der Waals surface area contributed by atoms with Gasteiger partial charge in [-0.15, -0.1) is 0 Å². The molecule has 2 aliphatic heterocycles. The molecule has 0 atom stereocenters. The summed E-state index contributed by atoms with van der Waals surface area (Å²) in [5.41, 5.74) is 0.934. The van der Waals surface area contributed by atoms with Crippen LogP contribution < -0.4 is 9.47 Å². The van der Waals surface area contributed by atoms with E-state index >= 15 is 0 Å². The lowest BCUT2D eigenvalue weighted by atomic mass is 10.1. The van der Waals surface area contributed by atoms with Gasteiger partial charge in [-0.3, -0.25) is 4.79 Å². The molecule has 0 aliphatic carbocycles. The minimum atomic E-state index is -4.31. The molecule has 2 aromatic rings. The number of piperazine rings is 1. The predicted molar refractivity (Wildman–Crippen MR) is 103 cm³/mol. The van der Waals surface area contributed by atoms with Crippen molar-refractivity contribution in [1.29, 1.82) is 0 Å². The van der Waals surface area contributed by atoms with Crippen LogP contribution in [-0.4, -0.2) is 56.5 Å². The SMILES string of the molecule is O=C(CCc1ccc2c(c1)OCO2)N1CCN(S(=O)(=O)c2c(F)cccc2F)CC1. The van der Waals surface area contributed by atoms with E-state index in [1.807, 2.05) is 12.1 Å². The molecule has 0 saturated carbocycles. The van der Waals surface area contributed by atoms with E-state index in [9.17, 15) is 22.0 Å². The highest BCUT2D eigenvalue weighted by Crippen LogP contribution is 2.32. The van der Waals surface area contributed by atoms with Gasteiger partial charge in [0.15, 0.2) is 16.4 Å². The molecule has 0 N–H and O–H groups in total. The number of hydrogen-bond acceptors (Lipinski definition) is 5. The second-order valence-corrected chi connectivity index (χ2v) is 8.90. The van der Waals surface area contributed by atoms with Crippen molar-refractivity contribution >= 4 is 15.9 Å². The Hall–Kier alpha value is -2.72. The Morgan fingerprint density at radius 1 is 0.967 bits per heavy atom. The zero-order valence-corrected chi connectivity index (χ0v) is 16.8. The van der Waals surface area contributed by atoms with Crippen LogP contribution in [0.4, 0.5) is 8.78 Å². The largest absolute Gasteiger partial charge is 0.454 e. The van der Waals surface area contributed by atoms with Crippen LogP contribution >= 0.6 is 0 Å². The van der Waals surface area contributed by atoms with Gasteiger partial charge in [0.25, 0.3) is 0 Å². The lowest BCUT2D eigenvalue weighted by Gasteiger charge is -2.34. The zero-order valence-electron chi connectivity index (χ0n) is 16.0. The number of halogens is 2. The second kappa shape index (κ2) is 8.19. The maximum absolute atomic E-state index is 13.9. The van der Waals surface area contributed by atoms with Crippen molar-refractivity contribution in [2.45, 2.75) is 17.7 Å². The third kappa shape index (κ3) is 3.97. The number of rotatable bonds is 5. The van der Waals surface area contributed by atoms with Crippen molar-refractivity contribution < 1.29 is 31.5 Å². The molecule has 4 rings (SSSR count). The summed E-state index contributed by atoms with van der Waals surface area (Å²) in [6.07, 6.45) is 0.767. The van der Waals surface area contributed by atoms with Gasteiger partial charge in [0.05, 0.1) is 0 Å². The lowest BCUT2D eigenvalue weighted by Crippen LogP contribution is -2.50. The monoisotopic (exact) mass is 438 g/mol. The van der Waals surface area contributed by atoms with Gasteiger partial charge < -0.3 is 14.4 Å². The van der Waals surface area contributed by atoms with Crippen molar-refractivity contribution in [2.24, 2.45) is 0 Å². The molecular formula is C20H20F2N2O5S. The smallest absolute Gasteiger partial charge is 0.249 e. The maximum Gasteiger partial charge on any atom is 0.249 e. The van der Waals surface area contributed by atoms with Gasteiger partial charge in [0, 0.05) is 32.6 Å². The molecule has 0 unspecified atom stereocenters. The van der Waals surface area contributed by atoms with Gasteiger partial charge in [-0.25, -0.2) is 17.2 Å². The molecule has 0 radical (unpaired) electrons. The summed E-state index contributed by atoms with van der Waals surface area (Å²) in [7, 11) is -4.31. The minimum absolute atomic E-state index is 0.0220. The van der Waals surface area contributed by atoms with Crippen LogP contribution in [0.15, 0.2) is 41.3 Å². The molecule has 0 spiro atoms. The Balaban J connectivity index is 1.34. The molecule has 1 fully saturated rings. The molecule has 30 heavy (non-hydrogen) atoms. The predicted octanol–water partition coefficient (Wildman–Crippen LogP) is 2.16. The summed E-state index contributed by atoms with van der Waals surface area (Å²) in [6, 6.07) is 8.43. The Morgan fingerprint density at radius 2 is 1.63 bits per heavy atom. The van der Waals surface area contributed by atoms with Gasteiger partial charge >= 0.3 is 0 Å². The van der Waals surface area contributed by atoms with E-state index in [0.717, 1.165) is 28.1 Å². The molecule has 0 aromatic heterocycles. The number of sulfonamides is 1. The first kappa shape index (κ1) is 20.5. The van der Waals surface area contributed by atoms with Gasteiger partial charge in [-0.1, -0.05) is 12.1 Å². The molecule has 2 aliphatic rings. The van der Waals surface area contributed by atoms with Crippen molar-refractivity contribution in [1.82, 2.24) is 9.21 Å². The van der Waals surface area contributed by atoms with Crippen LogP contribution in [0, 0.1) is 11.6 Å². The minimum Gasteiger partial charge on any atom is -0.454 e. The van der Waals surface area contributed by atoms with Crippen molar-refractivity contribution in [3.8, 4) is 11.5 Å². The first-order chi connectivity index (χ1) is 14.4. The van der Waals surface area contributed by atoms with E-state index in [2.05, 4.69) is 0 Å². The molecule has 10 heteroatoms. The second-order valence-electron chi connectivity index (χ2n) is 7.02. The molecule has 7 nitrogen and oxygen atoms in total. The van der Waals surface area contributed by atoms with Crippen LogP contribution in [0.1, 0.15) is 12.0 Å². The summed E-state index contributed by atoms with van der Waals surface area (Å²) in [4.78, 5) is 13.1. The average molecular weight is 438 g/mol. The number of benzene rings is 2. The molecule has 2 heterocycles. The van der Waals surface area contributed by atoms with Gasteiger partial charge in [0.2, 0.25) is 22.7 Å². The van der Waals surface area contributed by atoms with E-state index < -0.39 is 26.6 Å². The molecule has 1 amide bonds. The first-order valence-electron chi connectivity index (χ1n) is 9.47. The highest BCUT2D eigenvalue weighted by molar-refractivity contribution is 7.89. The van der Waals surface area contributed by atoms with Crippen molar-refractivity contribution in [3.05, 3.63) is 53.6 Å². The highest BCUT2D eigenvalue weighted by atomic mass is 32.2. The lowest BCUT2D eigenvalue weighted by molar-refractivity contribution is -0.132. The zero-order chi connectivity index (χ0) is 21.3. The molecule has 160 valence electrons. The average Bonchev–Trinajstić information content (AvgIpc) is 3.19. The van der Waals surface area contributed by atoms with E-state index in [1.54, 1.807) is 11.0 Å². The highest BCUT2D eigenvalue weighted by Gasteiger charge is 2.34. The molecular weight excluding hydrogens is 418 g/mol. The Labute approximate surface area is 172 Å². The number of carbonyl (C=O) groups excluding carboxylic acids is 1. The summed E-state index contributed by atoms with van der Waals surface area (Å²) in [5.74, 6) is -1.04. The number of aryl methyl sites for hydroxylation is 1. The Kier molecular flexibility index (Phi) is 5.61. The number of nitrogens with zero attached hydrogens (tertiary/aromatic N) is 2. The molecule has 1 saturated heterocycles. The van der Waals surface area contributed by atoms with Crippen LogP contribution in [0.5, 0.6) is 11.5 Å². The van der Waals surface area contributed by atoms with E-state index in [4.69, 9.17) is 9.47 Å².